The van der Waals surface area contributed by atoms with Gasteiger partial charge in [-0.15, -0.1) is 0 Å². The van der Waals surface area contributed by atoms with Crippen LogP contribution in [0.4, 0.5) is 14.6 Å². The largest absolute Gasteiger partial charge is 0.357 e. The minimum Gasteiger partial charge on any atom is -0.357 e. The van der Waals surface area contributed by atoms with Crippen molar-refractivity contribution in [1.82, 2.24) is 24.6 Å². The Balaban J connectivity index is 1.40. The number of likely N-dealkylation sites (tertiary alicyclic amines) is 1. The van der Waals surface area contributed by atoms with Crippen LogP contribution in [0.15, 0.2) is 36.5 Å². The average molecular weight is 424 g/mol. The van der Waals surface area contributed by atoms with Gasteiger partial charge in [0.15, 0.2) is 0 Å². The fraction of sp³-hybridized carbons (Fsp3) is 0.318. The van der Waals surface area contributed by atoms with Gasteiger partial charge in [-0.1, -0.05) is 0 Å². The zero-order valence-corrected chi connectivity index (χ0v) is 17.2. The highest BCUT2D eigenvalue weighted by atomic mass is 19.3. The van der Waals surface area contributed by atoms with Crippen molar-refractivity contribution in [3.05, 3.63) is 53.5 Å². The molecule has 4 heterocycles. The third-order valence-corrected chi connectivity index (χ3v) is 5.99. The fourth-order valence-electron chi connectivity index (χ4n) is 4.38. The SMILES string of the molecule is CN1CCC[C@@H]1c1cc2cnc(NC(=O)c3ccc4c(C(F)F)nn(C)c4c3)cc2[nH]1. The summed E-state index contributed by atoms with van der Waals surface area (Å²) in [6.45, 7) is 1.08. The summed E-state index contributed by atoms with van der Waals surface area (Å²) in [6.07, 6.45) is 1.35. The molecule has 0 bridgehead atoms. The Kier molecular flexibility index (Phi) is 4.70. The number of halogens is 2. The van der Waals surface area contributed by atoms with E-state index in [2.05, 4.69) is 38.4 Å². The van der Waals surface area contributed by atoms with Gasteiger partial charge in [0, 0.05) is 47.4 Å². The number of H-pyrrole nitrogens is 1. The molecular weight excluding hydrogens is 402 g/mol. The van der Waals surface area contributed by atoms with Gasteiger partial charge in [-0.2, -0.15) is 5.10 Å². The topological polar surface area (TPSA) is 78.8 Å². The number of nitrogens with zero attached hydrogens (tertiary/aromatic N) is 4. The van der Waals surface area contributed by atoms with E-state index in [1.807, 2.05) is 6.07 Å². The van der Waals surface area contributed by atoms with E-state index in [9.17, 15) is 13.6 Å². The second kappa shape index (κ2) is 7.42. The Bertz CT molecular complexity index is 1290. The molecule has 1 amide bonds. The molecule has 31 heavy (non-hydrogen) atoms. The molecule has 1 fully saturated rings. The molecule has 0 unspecified atom stereocenters. The molecule has 5 rings (SSSR count). The van der Waals surface area contributed by atoms with E-state index in [0.717, 1.165) is 29.6 Å². The summed E-state index contributed by atoms with van der Waals surface area (Å²) in [7, 11) is 3.70. The summed E-state index contributed by atoms with van der Waals surface area (Å²) in [5, 5.41) is 7.98. The van der Waals surface area contributed by atoms with Crippen LogP contribution >= 0.6 is 0 Å². The summed E-state index contributed by atoms with van der Waals surface area (Å²) >= 11 is 0. The van der Waals surface area contributed by atoms with Crippen LogP contribution < -0.4 is 5.32 Å². The zero-order valence-electron chi connectivity index (χ0n) is 17.2. The van der Waals surface area contributed by atoms with Crippen LogP contribution in [0.1, 0.15) is 47.1 Å². The Morgan fingerprint density at radius 1 is 1.26 bits per heavy atom. The lowest BCUT2D eigenvalue weighted by Gasteiger charge is -2.17. The Morgan fingerprint density at radius 3 is 2.84 bits per heavy atom. The average Bonchev–Trinajstić information content (AvgIpc) is 3.44. The number of rotatable bonds is 4. The molecule has 7 nitrogen and oxygen atoms in total. The quantitative estimate of drug-likeness (QED) is 0.509. The van der Waals surface area contributed by atoms with Crippen LogP contribution in [0.5, 0.6) is 0 Å². The molecule has 4 aromatic rings. The van der Waals surface area contributed by atoms with Crippen molar-refractivity contribution in [3.8, 4) is 0 Å². The van der Waals surface area contributed by atoms with Crippen molar-refractivity contribution < 1.29 is 13.6 Å². The minimum absolute atomic E-state index is 0.285. The fourth-order valence-corrected chi connectivity index (χ4v) is 4.38. The number of hydrogen-bond donors (Lipinski definition) is 2. The molecule has 1 aliphatic heterocycles. The Hall–Kier alpha value is -3.33. The molecule has 2 N–H and O–H groups in total. The standard InChI is InChI=1S/C22H22F2N6O/c1-29-7-3-4-17(29)16-8-13-11-25-19(10-15(13)26-16)27-22(31)12-5-6-14-18(9-12)30(2)28-20(14)21(23)24/h5-6,8-11,17,21,26H,3-4,7H2,1-2H3,(H,25,27,31)/t17-/m1/s1. The van der Waals surface area contributed by atoms with Crippen LogP contribution in [-0.2, 0) is 7.05 Å². The van der Waals surface area contributed by atoms with Gasteiger partial charge in [0.05, 0.1) is 11.0 Å². The van der Waals surface area contributed by atoms with Crippen LogP contribution in [0.3, 0.4) is 0 Å². The number of anilines is 1. The van der Waals surface area contributed by atoms with E-state index < -0.39 is 6.43 Å². The first-order valence-corrected chi connectivity index (χ1v) is 10.2. The second-order valence-electron chi connectivity index (χ2n) is 8.02. The summed E-state index contributed by atoms with van der Waals surface area (Å²) in [5.41, 5.74) is 2.59. The number of nitrogens with one attached hydrogen (secondary N) is 2. The Morgan fingerprint density at radius 2 is 2.10 bits per heavy atom. The highest BCUT2D eigenvalue weighted by molar-refractivity contribution is 6.06. The molecule has 1 aliphatic rings. The molecule has 1 aromatic carbocycles. The van der Waals surface area contributed by atoms with Crippen molar-refractivity contribution in [2.45, 2.75) is 25.3 Å². The van der Waals surface area contributed by atoms with Gasteiger partial charge >= 0.3 is 0 Å². The first-order valence-electron chi connectivity index (χ1n) is 10.2. The van der Waals surface area contributed by atoms with Gasteiger partial charge in [0.25, 0.3) is 12.3 Å². The molecular formula is C22H22F2N6O. The summed E-state index contributed by atoms with van der Waals surface area (Å²) < 4.78 is 27.6. The van der Waals surface area contributed by atoms with E-state index in [1.165, 1.54) is 23.2 Å². The highest BCUT2D eigenvalue weighted by Gasteiger charge is 2.24. The molecule has 0 saturated carbocycles. The number of fused-ring (bicyclic) bond motifs is 2. The van der Waals surface area contributed by atoms with Gasteiger partial charge < -0.3 is 10.3 Å². The zero-order chi connectivity index (χ0) is 21.7. The molecule has 3 aromatic heterocycles. The number of hydrogen-bond acceptors (Lipinski definition) is 4. The van der Waals surface area contributed by atoms with Crippen LogP contribution in [0.2, 0.25) is 0 Å². The van der Waals surface area contributed by atoms with E-state index in [1.54, 1.807) is 19.3 Å². The monoisotopic (exact) mass is 424 g/mol. The smallest absolute Gasteiger partial charge is 0.282 e. The normalized spacial score (nSPS) is 17.3. The first kappa shape index (κ1) is 19.6. The predicted octanol–water partition coefficient (Wildman–Crippen LogP) is 4.41. The minimum atomic E-state index is -2.67. The predicted molar refractivity (Wildman–Crippen MR) is 114 cm³/mol. The number of amides is 1. The van der Waals surface area contributed by atoms with Gasteiger partial charge in [0.1, 0.15) is 11.5 Å². The molecule has 9 heteroatoms. The van der Waals surface area contributed by atoms with Gasteiger partial charge in [-0.25, -0.2) is 13.8 Å². The third kappa shape index (κ3) is 3.44. The van der Waals surface area contributed by atoms with Gasteiger partial charge in [-0.3, -0.25) is 14.4 Å². The van der Waals surface area contributed by atoms with E-state index >= 15 is 0 Å². The van der Waals surface area contributed by atoms with Crippen LogP contribution in [0.25, 0.3) is 21.8 Å². The summed E-state index contributed by atoms with van der Waals surface area (Å²) in [5.74, 6) is 0.0555. The maximum absolute atomic E-state index is 13.1. The third-order valence-electron chi connectivity index (χ3n) is 5.99. The summed E-state index contributed by atoms with van der Waals surface area (Å²) in [4.78, 5) is 22.9. The molecule has 0 aliphatic carbocycles. The lowest BCUT2D eigenvalue weighted by atomic mass is 10.1. The van der Waals surface area contributed by atoms with Crippen molar-refractivity contribution in [1.29, 1.82) is 0 Å². The number of pyridine rings is 1. The first-order chi connectivity index (χ1) is 14.9. The van der Waals surface area contributed by atoms with Crippen LogP contribution in [0, 0.1) is 0 Å². The number of aromatic amines is 1. The number of benzene rings is 1. The molecule has 160 valence electrons. The molecule has 0 radical (unpaired) electrons. The molecule has 1 saturated heterocycles. The second-order valence-corrected chi connectivity index (χ2v) is 8.02. The van der Waals surface area contributed by atoms with Crippen molar-refractivity contribution >= 4 is 33.5 Å². The van der Waals surface area contributed by atoms with E-state index in [0.29, 0.717) is 28.3 Å². The highest BCUT2D eigenvalue weighted by Crippen LogP contribution is 2.32. The maximum Gasteiger partial charge on any atom is 0.282 e. The van der Waals surface area contributed by atoms with Crippen LogP contribution in [-0.4, -0.2) is 44.1 Å². The van der Waals surface area contributed by atoms with E-state index in [4.69, 9.17) is 0 Å². The number of alkyl halides is 2. The Labute approximate surface area is 177 Å². The van der Waals surface area contributed by atoms with E-state index in [-0.39, 0.29) is 11.6 Å². The number of aromatic nitrogens is 4. The molecule has 0 spiro atoms. The molecule has 1 atom stereocenters. The van der Waals surface area contributed by atoms with Crippen molar-refractivity contribution in [3.63, 3.8) is 0 Å². The number of carbonyl (C=O) groups excluding carboxylic acids is 1. The summed E-state index contributed by atoms with van der Waals surface area (Å²) in [6, 6.07) is 8.87. The lowest BCUT2D eigenvalue weighted by Crippen LogP contribution is -2.17. The van der Waals surface area contributed by atoms with Gasteiger partial charge in [-0.05, 0) is 50.7 Å². The van der Waals surface area contributed by atoms with Crippen molar-refractivity contribution in [2.24, 2.45) is 7.05 Å². The maximum atomic E-state index is 13.1. The number of carbonyl (C=O) groups is 1. The lowest BCUT2D eigenvalue weighted by molar-refractivity contribution is 0.102. The van der Waals surface area contributed by atoms with Crippen molar-refractivity contribution in [2.75, 3.05) is 18.9 Å². The number of aryl methyl sites for hydroxylation is 1. The van der Waals surface area contributed by atoms with Gasteiger partial charge in [0.2, 0.25) is 0 Å².